The lowest BCUT2D eigenvalue weighted by atomic mass is 9.71. The molecule has 0 radical (unpaired) electrons. The highest BCUT2D eigenvalue weighted by Crippen LogP contribution is 2.55. The number of benzene rings is 1. The Hall–Kier alpha value is -2.15. The molecule has 1 unspecified atom stereocenters. The van der Waals surface area contributed by atoms with Crippen molar-refractivity contribution in [1.29, 1.82) is 0 Å². The molecule has 1 spiro atoms. The smallest absolute Gasteiger partial charge is 0.309 e. The fourth-order valence-electron chi connectivity index (χ4n) is 4.91. The van der Waals surface area contributed by atoms with E-state index in [9.17, 15) is 14.7 Å². The summed E-state index contributed by atoms with van der Waals surface area (Å²) < 4.78 is 1.10. The molecule has 1 aliphatic carbocycles. The van der Waals surface area contributed by atoms with Crippen LogP contribution in [-0.2, 0) is 9.59 Å². The zero-order valence-electron chi connectivity index (χ0n) is 15.5. The van der Waals surface area contributed by atoms with E-state index in [-0.39, 0.29) is 22.7 Å². The SMILES string of the molecule is CC1(C)C[C@@H]1C(=O)N1CC2(C1)CN(c1cccc3ncsc13)CC2C(=O)O. The van der Waals surface area contributed by atoms with E-state index in [1.54, 1.807) is 11.3 Å². The average molecular weight is 385 g/mol. The molecule has 6 nitrogen and oxygen atoms in total. The first-order chi connectivity index (χ1) is 12.8. The van der Waals surface area contributed by atoms with Crippen molar-refractivity contribution in [3.05, 3.63) is 23.7 Å². The van der Waals surface area contributed by atoms with Gasteiger partial charge in [0.2, 0.25) is 5.91 Å². The van der Waals surface area contributed by atoms with E-state index < -0.39 is 11.9 Å². The largest absolute Gasteiger partial charge is 0.481 e. The van der Waals surface area contributed by atoms with Gasteiger partial charge >= 0.3 is 5.97 Å². The molecule has 27 heavy (non-hydrogen) atoms. The zero-order chi connectivity index (χ0) is 19.0. The number of thiazole rings is 1. The summed E-state index contributed by atoms with van der Waals surface area (Å²) in [6.45, 7) is 6.54. The van der Waals surface area contributed by atoms with E-state index in [0.717, 1.165) is 22.3 Å². The van der Waals surface area contributed by atoms with Crippen LogP contribution in [0.25, 0.3) is 10.2 Å². The molecule has 1 aromatic carbocycles. The molecular formula is C20H23N3O3S. The standard InChI is InChI=1S/C20H23N3O3S/c1-19(2)6-12(19)17(24)23-9-20(10-23)8-22(7-13(20)18(25)26)15-5-3-4-14-16(15)27-11-21-14/h3-5,11-13H,6-10H2,1-2H3,(H,25,26)/t12-,13?/m1/s1. The van der Waals surface area contributed by atoms with Crippen LogP contribution in [-0.4, -0.2) is 53.0 Å². The van der Waals surface area contributed by atoms with E-state index in [2.05, 4.69) is 23.7 Å². The number of hydrogen-bond donors (Lipinski definition) is 1. The molecule has 1 N–H and O–H groups in total. The first-order valence-corrected chi connectivity index (χ1v) is 10.3. The van der Waals surface area contributed by atoms with E-state index >= 15 is 0 Å². The van der Waals surface area contributed by atoms with Crippen LogP contribution in [0.1, 0.15) is 20.3 Å². The van der Waals surface area contributed by atoms with Crippen LogP contribution >= 0.6 is 11.3 Å². The molecule has 2 atom stereocenters. The van der Waals surface area contributed by atoms with Gasteiger partial charge in [-0.3, -0.25) is 9.59 Å². The van der Waals surface area contributed by atoms with Crippen LogP contribution in [0.4, 0.5) is 5.69 Å². The minimum Gasteiger partial charge on any atom is -0.481 e. The summed E-state index contributed by atoms with van der Waals surface area (Å²) in [7, 11) is 0. The second kappa shape index (κ2) is 5.44. The maximum absolute atomic E-state index is 12.7. The molecule has 2 aromatic rings. The maximum Gasteiger partial charge on any atom is 0.309 e. The van der Waals surface area contributed by atoms with Gasteiger partial charge in [0.1, 0.15) is 0 Å². The van der Waals surface area contributed by atoms with Crippen molar-refractivity contribution in [2.45, 2.75) is 20.3 Å². The Morgan fingerprint density at radius 1 is 1.22 bits per heavy atom. The number of fused-ring (bicyclic) bond motifs is 1. The fourth-order valence-corrected chi connectivity index (χ4v) is 5.74. The number of amides is 1. The quantitative estimate of drug-likeness (QED) is 0.879. The maximum atomic E-state index is 12.7. The molecule has 3 heterocycles. The summed E-state index contributed by atoms with van der Waals surface area (Å²) >= 11 is 1.59. The van der Waals surface area contributed by atoms with E-state index in [4.69, 9.17) is 0 Å². The second-order valence-electron chi connectivity index (χ2n) is 9.05. The molecule has 2 saturated heterocycles. The molecule has 3 aliphatic rings. The first-order valence-electron chi connectivity index (χ1n) is 9.40. The van der Waals surface area contributed by atoms with Crippen LogP contribution in [0.2, 0.25) is 0 Å². The lowest BCUT2D eigenvalue weighted by molar-refractivity contribution is -0.158. The van der Waals surface area contributed by atoms with E-state index in [1.165, 1.54) is 0 Å². The number of carbonyl (C=O) groups is 2. The Kier molecular flexibility index (Phi) is 3.42. The number of hydrogen-bond acceptors (Lipinski definition) is 5. The summed E-state index contributed by atoms with van der Waals surface area (Å²) in [6, 6.07) is 6.01. The van der Waals surface area contributed by atoms with Gasteiger partial charge in [-0.15, -0.1) is 11.3 Å². The lowest BCUT2D eigenvalue weighted by Crippen LogP contribution is -2.63. The Labute approximate surface area is 161 Å². The predicted molar refractivity (Wildman–Crippen MR) is 104 cm³/mol. The van der Waals surface area contributed by atoms with Gasteiger partial charge in [-0.2, -0.15) is 0 Å². The van der Waals surface area contributed by atoms with Gasteiger partial charge in [-0.1, -0.05) is 19.9 Å². The number of aromatic nitrogens is 1. The van der Waals surface area contributed by atoms with Gasteiger partial charge in [0.05, 0.1) is 27.3 Å². The molecule has 3 fully saturated rings. The minimum atomic E-state index is -0.757. The summed E-state index contributed by atoms with van der Waals surface area (Å²) in [6.07, 6.45) is 0.942. The normalized spacial score (nSPS) is 27.8. The molecule has 7 heteroatoms. The number of carbonyl (C=O) groups excluding carboxylic acids is 1. The van der Waals surface area contributed by atoms with Crippen molar-refractivity contribution in [3.63, 3.8) is 0 Å². The second-order valence-corrected chi connectivity index (χ2v) is 9.91. The van der Waals surface area contributed by atoms with Crippen molar-refractivity contribution >= 4 is 39.1 Å². The molecular weight excluding hydrogens is 362 g/mol. The number of rotatable bonds is 3. The highest BCUT2D eigenvalue weighted by atomic mass is 32.1. The molecule has 142 valence electrons. The average Bonchev–Trinajstić information content (AvgIpc) is 2.98. The molecule has 5 rings (SSSR count). The summed E-state index contributed by atoms with van der Waals surface area (Å²) in [5.41, 5.74) is 3.61. The number of carboxylic acid groups (broad SMARTS) is 1. The Morgan fingerprint density at radius 2 is 1.96 bits per heavy atom. The van der Waals surface area contributed by atoms with Gasteiger partial charge in [0, 0.05) is 37.5 Å². The number of aliphatic carboxylic acids is 1. The first kappa shape index (κ1) is 17.0. The minimum absolute atomic E-state index is 0.107. The Balaban J connectivity index is 1.38. The van der Waals surface area contributed by atoms with Crippen LogP contribution in [0, 0.1) is 22.7 Å². The number of carboxylic acids is 1. The van der Waals surface area contributed by atoms with Gasteiger partial charge < -0.3 is 14.9 Å². The van der Waals surface area contributed by atoms with Gasteiger partial charge in [-0.25, -0.2) is 4.98 Å². The summed E-state index contributed by atoms with van der Waals surface area (Å²) in [5, 5.41) is 9.84. The highest BCUT2D eigenvalue weighted by Gasteiger charge is 2.61. The Bertz CT molecular complexity index is 947. The number of likely N-dealkylation sites (tertiary alicyclic amines) is 1. The monoisotopic (exact) mass is 385 g/mol. The third kappa shape index (κ3) is 2.47. The molecule has 0 bridgehead atoms. The highest BCUT2D eigenvalue weighted by molar-refractivity contribution is 7.17. The third-order valence-corrected chi connectivity index (χ3v) is 7.62. The van der Waals surface area contributed by atoms with Gasteiger partial charge in [0.15, 0.2) is 0 Å². The summed E-state index contributed by atoms with van der Waals surface area (Å²) in [5.74, 6) is -0.885. The Morgan fingerprint density at radius 3 is 2.63 bits per heavy atom. The number of nitrogens with zero attached hydrogens (tertiary/aromatic N) is 3. The molecule has 2 aliphatic heterocycles. The van der Waals surface area contributed by atoms with Gasteiger partial charge in [0.25, 0.3) is 0 Å². The molecule has 1 saturated carbocycles. The van der Waals surface area contributed by atoms with E-state index in [0.29, 0.717) is 26.2 Å². The van der Waals surface area contributed by atoms with Crippen molar-refractivity contribution in [2.24, 2.45) is 22.7 Å². The number of anilines is 1. The topological polar surface area (TPSA) is 73.7 Å². The van der Waals surface area contributed by atoms with Crippen molar-refractivity contribution < 1.29 is 14.7 Å². The van der Waals surface area contributed by atoms with Gasteiger partial charge in [-0.05, 0) is 24.0 Å². The van der Waals surface area contributed by atoms with Crippen LogP contribution < -0.4 is 4.90 Å². The molecule has 1 aromatic heterocycles. The van der Waals surface area contributed by atoms with Crippen LogP contribution in [0.5, 0.6) is 0 Å². The fraction of sp³-hybridized carbons (Fsp3) is 0.550. The third-order valence-electron chi connectivity index (χ3n) is 6.76. The van der Waals surface area contributed by atoms with Crippen molar-refractivity contribution in [3.8, 4) is 0 Å². The van der Waals surface area contributed by atoms with Crippen LogP contribution in [0.3, 0.4) is 0 Å². The van der Waals surface area contributed by atoms with E-state index in [1.807, 2.05) is 28.6 Å². The lowest BCUT2D eigenvalue weighted by Gasteiger charge is -2.50. The van der Waals surface area contributed by atoms with Crippen molar-refractivity contribution in [2.75, 3.05) is 31.1 Å². The summed E-state index contributed by atoms with van der Waals surface area (Å²) in [4.78, 5) is 33.1. The molecule has 1 amide bonds. The van der Waals surface area contributed by atoms with Crippen molar-refractivity contribution in [1.82, 2.24) is 9.88 Å². The zero-order valence-corrected chi connectivity index (χ0v) is 16.3. The van der Waals surface area contributed by atoms with Crippen LogP contribution in [0.15, 0.2) is 23.7 Å². The predicted octanol–water partition coefficient (Wildman–Crippen LogP) is 2.69.